The Morgan fingerprint density at radius 1 is 1.25 bits per heavy atom. The van der Waals surface area contributed by atoms with Crippen molar-refractivity contribution < 1.29 is 14.3 Å². The molecule has 5 N–H and O–H groups in total. The Morgan fingerprint density at radius 2 is 1.97 bits per heavy atom. The second kappa shape index (κ2) is 8.18. The lowest BCUT2D eigenvalue weighted by molar-refractivity contribution is 0.0199. The van der Waals surface area contributed by atoms with Gasteiger partial charge in [-0.2, -0.15) is 5.10 Å². The molecular weight excluding hydrogens is 410 g/mol. The zero-order valence-corrected chi connectivity index (χ0v) is 18.8. The monoisotopic (exact) mass is 439 g/mol. The fourth-order valence-corrected chi connectivity index (χ4v) is 3.81. The minimum Gasteiger partial charge on any atom is -0.444 e. The molecule has 0 radical (unpaired) electrons. The number of carbonyl (C=O) groups is 2. The number of nitrogens with two attached hydrogens (primary N) is 1. The van der Waals surface area contributed by atoms with Crippen LogP contribution >= 0.6 is 0 Å². The van der Waals surface area contributed by atoms with Crippen molar-refractivity contribution in [3.63, 3.8) is 0 Å². The van der Waals surface area contributed by atoms with Crippen LogP contribution in [0.3, 0.4) is 0 Å². The quantitative estimate of drug-likeness (QED) is 0.462. The lowest BCUT2D eigenvalue weighted by Gasteiger charge is -2.33. The molecular formula is C22H29N7O3. The van der Waals surface area contributed by atoms with Gasteiger partial charge in [-0.05, 0) is 58.7 Å². The van der Waals surface area contributed by atoms with Crippen LogP contribution in [0, 0.1) is 6.92 Å². The van der Waals surface area contributed by atoms with Crippen molar-refractivity contribution in [3.8, 4) is 11.5 Å². The Kier molecular flexibility index (Phi) is 5.53. The Balaban J connectivity index is 1.45. The van der Waals surface area contributed by atoms with Gasteiger partial charge in [0.15, 0.2) is 5.82 Å². The maximum atomic E-state index is 13.1. The van der Waals surface area contributed by atoms with E-state index in [-0.39, 0.29) is 18.0 Å². The minimum atomic E-state index is -0.528. The number of aromatic amines is 2. The third-order valence-electron chi connectivity index (χ3n) is 5.39. The third-order valence-corrected chi connectivity index (χ3v) is 5.39. The first kappa shape index (κ1) is 21.7. The molecule has 2 amide bonds. The van der Waals surface area contributed by atoms with Crippen LogP contribution in [0.5, 0.6) is 0 Å². The zero-order valence-electron chi connectivity index (χ0n) is 18.8. The number of rotatable bonds is 3. The number of carbonyl (C=O) groups excluding carboxylic acids is 2. The van der Waals surface area contributed by atoms with Gasteiger partial charge in [0.05, 0.1) is 16.6 Å². The van der Waals surface area contributed by atoms with Gasteiger partial charge in [0.1, 0.15) is 11.3 Å². The number of imidazole rings is 1. The molecule has 1 fully saturated rings. The molecule has 2 aromatic heterocycles. The first-order chi connectivity index (χ1) is 15.1. The minimum absolute atomic E-state index is 0.0428. The van der Waals surface area contributed by atoms with Crippen molar-refractivity contribution in [1.82, 2.24) is 30.4 Å². The second-order valence-corrected chi connectivity index (χ2v) is 9.15. The Morgan fingerprint density at radius 3 is 2.66 bits per heavy atom. The molecule has 1 aromatic carbocycles. The highest BCUT2D eigenvalue weighted by molar-refractivity contribution is 6.01. The van der Waals surface area contributed by atoms with Crippen molar-refractivity contribution in [2.24, 2.45) is 0 Å². The molecule has 0 saturated carbocycles. The smallest absolute Gasteiger partial charge is 0.410 e. The van der Waals surface area contributed by atoms with Crippen LogP contribution in [0.25, 0.3) is 22.6 Å². The maximum absolute atomic E-state index is 13.1. The number of fused-ring (bicyclic) bond motifs is 1. The van der Waals surface area contributed by atoms with E-state index >= 15 is 0 Å². The maximum Gasteiger partial charge on any atom is 0.410 e. The number of anilines is 1. The summed E-state index contributed by atoms with van der Waals surface area (Å²) in [5, 5.41) is 10.3. The summed E-state index contributed by atoms with van der Waals surface area (Å²) in [6.07, 6.45) is 0.989. The molecule has 32 heavy (non-hydrogen) atoms. The largest absolute Gasteiger partial charge is 0.444 e. The van der Waals surface area contributed by atoms with E-state index < -0.39 is 5.60 Å². The average Bonchev–Trinajstić information content (AvgIpc) is 3.29. The lowest BCUT2D eigenvalue weighted by Crippen LogP contribution is -2.47. The highest BCUT2D eigenvalue weighted by Crippen LogP contribution is 2.25. The van der Waals surface area contributed by atoms with Gasteiger partial charge in [0.25, 0.3) is 5.91 Å². The standard InChI is InChI=1S/C22H29N7O3/c1-12-17(18(28-27-12)19-25-15-6-5-13(23)11-16(15)26-19)20(30)24-14-7-9-29(10-8-14)21(31)32-22(2,3)4/h5-6,11,14H,7-10,23H2,1-4H3,(H,24,30)(H,25,26)(H,27,28). The van der Waals surface area contributed by atoms with E-state index in [1.165, 1.54) is 0 Å². The average molecular weight is 440 g/mol. The van der Waals surface area contributed by atoms with E-state index in [9.17, 15) is 9.59 Å². The number of piperidine rings is 1. The van der Waals surface area contributed by atoms with E-state index in [0.717, 1.165) is 11.0 Å². The first-order valence-corrected chi connectivity index (χ1v) is 10.7. The number of likely N-dealkylation sites (tertiary alicyclic amines) is 1. The number of aromatic nitrogens is 4. The molecule has 0 atom stereocenters. The summed E-state index contributed by atoms with van der Waals surface area (Å²) >= 11 is 0. The number of H-pyrrole nitrogens is 2. The zero-order chi connectivity index (χ0) is 23.0. The van der Waals surface area contributed by atoms with Crippen LogP contribution in [0.2, 0.25) is 0 Å². The van der Waals surface area contributed by atoms with Crippen LogP contribution in [0.4, 0.5) is 10.5 Å². The Hall–Kier alpha value is -3.56. The molecule has 0 aliphatic carbocycles. The van der Waals surface area contributed by atoms with Crippen molar-refractivity contribution in [2.75, 3.05) is 18.8 Å². The van der Waals surface area contributed by atoms with Crippen LogP contribution < -0.4 is 11.1 Å². The van der Waals surface area contributed by atoms with Gasteiger partial charge < -0.3 is 25.7 Å². The molecule has 4 rings (SSSR count). The molecule has 1 aliphatic heterocycles. The molecule has 3 heterocycles. The number of benzene rings is 1. The Bertz CT molecular complexity index is 1150. The van der Waals surface area contributed by atoms with E-state index in [2.05, 4.69) is 25.5 Å². The summed E-state index contributed by atoms with van der Waals surface area (Å²) < 4.78 is 5.43. The fraction of sp³-hybridized carbons (Fsp3) is 0.455. The third kappa shape index (κ3) is 4.53. The number of hydrogen-bond acceptors (Lipinski definition) is 6. The van der Waals surface area contributed by atoms with E-state index in [1.807, 2.05) is 26.8 Å². The molecule has 10 nitrogen and oxygen atoms in total. The van der Waals surface area contributed by atoms with Crippen molar-refractivity contribution in [1.29, 1.82) is 0 Å². The number of ether oxygens (including phenoxy) is 1. The van der Waals surface area contributed by atoms with Gasteiger partial charge in [-0.3, -0.25) is 9.89 Å². The predicted octanol–water partition coefficient (Wildman–Crippen LogP) is 2.97. The number of aryl methyl sites for hydroxylation is 1. The molecule has 0 bridgehead atoms. The van der Waals surface area contributed by atoms with E-state index in [1.54, 1.807) is 24.0 Å². The number of hydrogen-bond donors (Lipinski definition) is 4. The van der Waals surface area contributed by atoms with Crippen molar-refractivity contribution in [3.05, 3.63) is 29.5 Å². The summed E-state index contributed by atoms with van der Waals surface area (Å²) in [5.41, 5.74) is 9.04. The van der Waals surface area contributed by atoms with Crippen molar-refractivity contribution >= 4 is 28.7 Å². The molecule has 3 aromatic rings. The number of nitrogens with zero attached hydrogens (tertiary/aromatic N) is 3. The van der Waals surface area contributed by atoms with Crippen LogP contribution in [0.15, 0.2) is 18.2 Å². The Labute approximate surface area is 185 Å². The summed E-state index contributed by atoms with van der Waals surface area (Å²) in [6, 6.07) is 5.35. The SMILES string of the molecule is Cc1[nH]nc(-c2nc3ccc(N)cc3[nH]2)c1C(=O)NC1CCN(C(=O)OC(C)(C)C)CC1. The molecule has 1 aliphatic rings. The molecule has 0 spiro atoms. The van der Waals surface area contributed by atoms with Crippen LogP contribution in [-0.4, -0.2) is 61.8 Å². The first-order valence-electron chi connectivity index (χ1n) is 10.7. The van der Waals surface area contributed by atoms with Gasteiger partial charge >= 0.3 is 6.09 Å². The van der Waals surface area contributed by atoms with Gasteiger partial charge in [-0.25, -0.2) is 9.78 Å². The highest BCUT2D eigenvalue weighted by Gasteiger charge is 2.29. The topological polar surface area (TPSA) is 142 Å². The highest BCUT2D eigenvalue weighted by atomic mass is 16.6. The molecule has 1 saturated heterocycles. The number of nitrogen functional groups attached to an aromatic ring is 1. The van der Waals surface area contributed by atoms with E-state index in [0.29, 0.717) is 54.4 Å². The lowest BCUT2D eigenvalue weighted by atomic mass is 10.0. The van der Waals surface area contributed by atoms with Crippen LogP contribution in [-0.2, 0) is 4.74 Å². The summed E-state index contributed by atoms with van der Waals surface area (Å²) in [6.45, 7) is 8.40. The van der Waals surface area contributed by atoms with Gasteiger partial charge in [-0.15, -0.1) is 0 Å². The van der Waals surface area contributed by atoms with Gasteiger partial charge in [0.2, 0.25) is 0 Å². The molecule has 10 heteroatoms. The normalized spacial score (nSPS) is 15.2. The van der Waals surface area contributed by atoms with E-state index in [4.69, 9.17) is 10.5 Å². The second-order valence-electron chi connectivity index (χ2n) is 9.15. The van der Waals surface area contributed by atoms with Gasteiger partial charge in [0, 0.05) is 30.5 Å². The van der Waals surface area contributed by atoms with Crippen molar-refractivity contribution in [2.45, 2.75) is 52.2 Å². The molecule has 170 valence electrons. The van der Waals surface area contributed by atoms with Gasteiger partial charge in [-0.1, -0.05) is 0 Å². The summed E-state index contributed by atoms with van der Waals surface area (Å²) in [4.78, 5) is 34.8. The molecule has 0 unspecified atom stereocenters. The number of amides is 2. The predicted molar refractivity (Wildman–Crippen MR) is 121 cm³/mol. The number of nitrogens with one attached hydrogen (secondary N) is 3. The summed E-state index contributed by atoms with van der Waals surface area (Å²) in [5.74, 6) is 0.279. The summed E-state index contributed by atoms with van der Waals surface area (Å²) in [7, 11) is 0. The van der Waals surface area contributed by atoms with Crippen LogP contribution in [0.1, 0.15) is 49.7 Å². The fourth-order valence-electron chi connectivity index (χ4n) is 3.81.